The van der Waals surface area contributed by atoms with Crippen molar-refractivity contribution >= 4 is 11.8 Å². The van der Waals surface area contributed by atoms with Crippen molar-refractivity contribution in [3.8, 4) is 11.1 Å². The van der Waals surface area contributed by atoms with E-state index in [0.717, 1.165) is 18.1 Å². The Morgan fingerprint density at radius 3 is 2.14 bits per heavy atom. The molecule has 1 aliphatic heterocycles. The molecule has 5 nitrogen and oxygen atoms in total. The normalized spacial score (nSPS) is 15.1. The molecule has 0 spiro atoms. The first-order valence-electron chi connectivity index (χ1n) is 13.3. The summed E-state index contributed by atoms with van der Waals surface area (Å²) in [6, 6.07) is 10.4. The van der Waals surface area contributed by atoms with E-state index in [1.807, 2.05) is 55.4 Å². The van der Waals surface area contributed by atoms with Crippen LogP contribution in [-0.2, 0) is 9.59 Å². The minimum atomic E-state index is -0.885. The highest BCUT2D eigenvalue weighted by Gasteiger charge is 2.35. The maximum atomic E-state index is 14.0. The SMILES string of the molecule is CC.CC.CC(NC(=O)C1CCCN1C(=O)CC(C)(C)C)c1ccc(-c2cccc(F)c2F)cc1.CN. The Labute approximate surface area is 222 Å². The van der Waals surface area contributed by atoms with Gasteiger partial charge in [-0.1, -0.05) is 84.9 Å². The standard InChI is InChI=1S/C25H30F2N2O2.2C2H6.CH5N/c1-16(17-10-12-18(13-11-17)19-7-5-8-20(26)23(19)27)28-24(31)21-9-6-14-29(21)22(30)15-25(2,3)4;3*1-2/h5,7-8,10-13,16,21H,6,9,14-15H2,1-4H3,(H,28,31);2*1-2H3;2H2,1H3. The Bertz CT molecular complexity index is 956. The average molecular weight is 520 g/mol. The first-order valence-corrected chi connectivity index (χ1v) is 13.3. The fourth-order valence-electron chi connectivity index (χ4n) is 3.96. The number of rotatable bonds is 5. The summed E-state index contributed by atoms with van der Waals surface area (Å²) < 4.78 is 27.5. The summed E-state index contributed by atoms with van der Waals surface area (Å²) in [4.78, 5) is 27.2. The number of benzene rings is 2. The highest BCUT2D eigenvalue weighted by atomic mass is 19.2. The molecule has 2 unspecified atom stereocenters. The summed E-state index contributed by atoms with van der Waals surface area (Å²) in [7, 11) is 1.50. The maximum absolute atomic E-state index is 14.0. The van der Waals surface area contributed by atoms with Crippen LogP contribution in [-0.4, -0.2) is 36.3 Å². The molecule has 0 saturated carbocycles. The third-order valence-corrected chi connectivity index (χ3v) is 5.59. The van der Waals surface area contributed by atoms with Crippen molar-refractivity contribution in [1.29, 1.82) is 0 Å². The second-order valence-corrected chi connectivity index (χ2v) is 9.44. The second kappa shape index (κ2) is 16.8. The molecular formula is C30H47F2N3O2. The highest BCUT2D eigenvalue weighted by Crippen LogP contribution is 2.27. The Kier molecular flexibility index (Phi) is 15.6. The van der Waals surface area contributed by atoms with Gasteiger partial charge in [-0.2, -0.15) is 0 Å². The summed E-state index contributed by atoms with van der Waals surface area (Å²) in [6.45, 7) is 16.5. The van der Waals surface area contributed by atoms with Crippen molar-refractivity contribution in [2.24, 2.45) is 11.1 Å². The average Bonchev–Trinajstić information content (AvgIpc) is 3.39. The smallest absolute Gasteiger partial charge is 0.243 e. The number of amides is 2. The van der Waals surface area contributed by atoms with E-state index in [9.17, 15) is 18.4 Å². The van der Waals surface area contributed by atoms with E-state index in [1.54, 1.807) is 29.2 Å². The first kappa shape index (κ1) is 34.2. The monoisotopic (exact) mass is 519 g/mol. The minimum absolute atomic E-state index is 0.0132. The Morgan fingerprint density at radius 2 is 1.59 bits per heavy atom. The van der Waals surface area contributed by atoms with Gasteiger partial charge in [0.05, 0.1) is 6.04 Å². The van der Waals surface area contributed by atoms with Gasteiger partial charge in [-0.25, -0.2) is 8.78 Å². The van der Waals surface area contributed by atoms with Crippen molar-refractivity contribution in [2.75, 3.05) is 13.6 Å². The molecule has 0 bridgehead atoms. The molecule has 0 aliphatic carbocycles. The van der Waals surface area contributed by atoms with Gasteiger partial charge in [-0.05, 0) is 49.4 Å². The molecule has 1 saturated heterocycles. The Balaban J connectivity index is 0.00000201. The van der Waals surface area contributed by atoms with Crippen molar-refractivity contribution in [3.63, 3.8) is 0 Å². The lowest BCUT2D eigenvalue weighted by atomic mass is 9.91. The number of carbonyl (C=O) groups is 2. The molecule has 1 fully saturated rings. The minimum Gasteiger partial charge on any atom is -0.348 e. The van der Waals surface area contributed by atoms with Crippen LogP contribution in [0.1, 0.15) is 86.3 Å². The topological polar surface area (TPSA) is 75.4 Å². The van der Waals surface area contributed by atoms with E-state index in [2.05, 4.69) is 11.1 Å². The molecular weight excluding hydrogens is 472 g/mol. The van der Waals surface area contributed by atoms with Crippen LogP contribution in [0.15, 0.2) is 42.5 Å². The van der Waals surface area contributed by atoms with Gasteiger partial charge in [0, 0.05) is 18.5 Å². The third-order valence-electron chi connectivity index (χ3n) is 5.59. The van der Waals surface area contributed by atoms with E-state index in [4.69, 9.17) is 0 Å². The summed E-state index contributed by atoms with van der Waals surface area (Å²) in [6.07, 6.45) is 1.88. The predicted molar refractivity (Wildman–Crippen MR) is 150 cm³/mol. The van der Waals surface area contributed by atoms with E-state index in [0.29, 0.717) is 24.9 Å². The molecule has 2 amide bonds. The molecule has 3 rings (SSSR count). The number of nitrogens with two attached hydrogens (primary N) is 1. The summed E-state index contributed by atoms with van der Waals surface area (Å²) in [5.74, 6) is -1.91. The van der Waals surface area contributed by atoms with Gasteiger partial charge >= 0.3 is 0 Å². The maximum Gasteiger partial charge on any atom is 0.243 e. The van der Waals surface area contributed by atoms with Crippen LogP contribution >= 0.6 is 0 Å². The van der Waals surface area contributed by atoms with Gasteiger partial charge in [0.1, 0.15) is 6.04 Å². The molecule has 0 aromatic heterocycles. The molecule has 1 heterocycles. The number of likely N-dealkylation sites (tertiary alicyclic amines) is 1. The van der Waals surface area contributed by atoms with E-state index >= 15 is 0 Å². The summed E-state index contributed by atoms with van der Waals surface area (Å²) >= 11 is 0. The lowest BCUT2D eigenvalue weighted by Crippen LogP contribution is -2.47. The number of nitrogens with one attached hydrogen (secondary N) is 1. The van der Waals surface area contributed by atoms with Gasteiger partial charge in [-0.3, -0.25) is 9.59 Å². The zero-order valence-corrected chi connectivity index (χ0v) is 24.1. The van der Waals surface area contributed by atoms with Gasteiger partial charge in [-0.15, -0.1) is 0 Å². The molecule has 37 heavy (non-hydrogen) atoms. The number of nitrogens with zero attached hydrogens (tertiary/aromatic N) is 1. The van der Waals surface area contributed by atoms with Crippen molar-refractivity contribution in [1.82, 2.24) is 10.2 Å². The molecule has 1 aliphatic rings. The number of hydrogen-bond acceptors (Lipinski definition) is 3. The molecule has 208 valence electrons. The number of carbonyl (C=O) groups excluding carboxylic acids is 2. The van der Waals surface area contributed by atoms with Crippen LogP contribution in [0, 0.1) is 17.0 Å². The second-order valence-electron chi connectivity index (χ2n) is 9.44. The molecule has 2 aromatic rings. The highest BCUT2D eigenvalue weighted by molar-refractivity contribution is 5.88. The Hall–Kier alpha value is -2.80. The molecule has 2 atom stereocenters. The van der Waals surface area contributed by atoms with Crippen LogP contribution in [0.4, 0.5) is 8.78 Å². The van der Waals surface area contributed by atoms with E-state index < -0.39 is 17.7 Å². The lowest BCUT2D eigenvalue weighted by Gasteiger charge is -2.28. The first-order chi connectivity index (χ1) is 17.6. The van der Waals surface area contributed by atoms with Gasteiger partial charge < -0.3 is 16.0 Å². The molecule has 7 heteroatoms. The fraction of sp³-hybridized carbons (Fsp3) is 0.533. The van der Waals surface area contributed by atoms with E-state index in [-0.39, 0.29) is 28.8 Å². The summed E-state index contributed by atoms with van der Waals surface area (Å²) in [5.41, 5.74) is 5.98. The molecule has 3 N–H and O–H groups in total. The van der Waals surface area contributed by atoms with Crippen LogP contribution in [0.25, 0.3) is 11.1 Å². The Morgan fingerprint density at radius 1 is 1.03 bits per heavy atom. The molecule has 2 aromatic carbocycles. The van der Waals surface area contributed by atoms with Crippen LogP contribution in [0.2, 0.25) is 0 Å². The predicted octanol–water partition coefficient (Wildman–Crippen LogP) is 6.86. The zero-order valence-electron chi connectivity index (χ0n) is 24.1. The van der Waals surface area contributed by atoms with Crippen LogP contribution in [0.3, 0.4) is 0 Å². The molecule has 0 radical (unpaired) electrons. The van der Waals surface area contributed by atoms with E-state index in [1.165, 1.54) is 19.2 Å². The largest absolute Gasteiger partial charge is 0.348 e. The van der Waals surface area contributed by atoms with Crippen LogP contribution in [0.5, 0.6) is 0 Å². The van der Waals surface area contributed by atoms with Crippen LogP contribution < -0.4 is 11.1 Å². The lowest BCUT2D eigenvalue weighted by molar-refractivity contribution is -0.140. The van der Waals surface area contributed by atoms with Gasteiger partial charge in [0.25, 0.3) is 0 Å². The van der Waals surface area contributed by atoms with Crippen molar-refractivity contribution in [3.05, 3.63) is 59.7 Å². The van der Waals surface area contributed by atoms with Crippen molar-refractivity contribution in [2.45, 2.75) is 86.7 Å². The summed E-state index contributed by atoms with van der Waals surface area (Å²) in [5, 5.41) is 3.00. The van der Waals surface area contributed by atoms with Gasteiger partial charge in [0.15, 0.2) is 11.6 Å². The quantitative estimate of drug-likeness (QED) is 0.453. The number of hydrogen-bond donors (Lipinski definition) is 2. The van der Waals surface area contributed by atoms with Crippen molar-refractivity contribution < 1.29 is 18.4 Å². The zero-order chi connectivity index (χ0) is 28.8. The third kappa shape index (κ3) is 10.2. The van der Waals surface area contributed by atoms with Gasteiger partial charge in [0.2, 0.25) is 11.8 Å². The fourth-order valence-corrected chi connectivity index (χ4v) is 3.96. The number of halogens is 2.